The van der Waals surface area contributed by atoms with Crippen molar-refractivity contribution in [1.29, 1.82) is 0 Å². The van der Waals surface area contributed by atoms with Gasteiger partial charge in [-0.05, 0) is 12.1 Å². The average Bonchev–Trinajstić information content (AvgIpc) is 2.69. The number of aliphatic hydroxyl groups is 2. The number of pyridine rings is 1. The SMILES string of the molecule is O=C(O)c1ccc(C(=O)N2CC(O)C(O)C2)nc1. The lowest BCUT2D eigenvalue weighted by atomic mass is 10.2. The average molecular weight is 252 g/mol. The summed E-state index contributed by atoms with van der Waals surface area (Å²) in [7, 11) is 0. The molecule has 0 saturated carbocycles. The van der Waals surface area contributed by atoms with E-state index in [1.807, 2.05) is 0 Å². The summed E-state index contributed by atoms with van der Waals surface area (Å²) in [6, 6.07) is 2.59. The van der Waals surface area contributed by atoms with E-state index in [4.69, 9.17) is 5.11 Å². The highest BCUT2D eigenvalue weighted by Crippen LogP contribution is 2.13. The number of β-amino-alcohol motifs (C(OH)–C–C–N with tert-alkyl or cyclic N) is 2. The van der Waals surface area contributed by atoms with Gasteiger partial charge in [-0.2, -0.15) is 0 Å². The molecular weight excluding hydrogens is 240 g/mol. The van der Waals surface area contributed by atoms with Gasteiger partial charge in [0.1, 0.15) is 5.69 Å². The first-order valence-corrected chi connectivity index (χ1v) is 5.34. The van der Waals surface area contributed by atoms with Crippen molar-refractivity contribution in [2.75, 3.05) is 13.1 Å². The van der Waals surface area contributed by atoms with Gasteiger partial charge in [-0.3, -0.25) is 9.78 Å². The maximum atomic E-state index is 11.9. The molecule has 0 spiro atoms. The Balaban J connectivity index is 2.12. The zero-order valence-corrected chi connectivity index (χ0v) is 9.35. The van der Waals surface area contributed by atoms with Gasteiger partial charge in [0.05, 0.1) is 17.8 Å². The minimum absolute atomic E-state index is 0.00644. The summed E-state index contributed by atoms with van der Waals surface area (Å²) in [5.74, 6) is -1.56. The lowest BCUT2D eigenvalue weighted by Gasteiger charge is -2.14. The second-order valence-electron chi connectivity index (χ2n) is 4.08. The van der Waals surface area contributed by atoms with Gasteiger partial charge in [-0.25, -0.2) is 4.79 Å². The van der Waals surface area contributed by atoms with Crippen LogP contribution in [-0.2, 0) is 0 Å². The quantitative estimate of drug-likeness (QED) is 0.620. The van der Waals surface area contributed by atoms with Gasteiger partial charge < -0.3 is 20.2 Å². The number of carboxylic acids is 1. The Kier molecular flexibility index (Phi) is 3.26. The Morgan fingerprint density at radius 1 is 1.22 bits per heavy atom. The number of hydrogen-bond acceptors (Lipinski definition) is 5. The number of carboxylic acid groups (broad SMARTS) is 1. The molecule has 1 fully saturated rings. The number of carbonyl (C=O) groups excluding carboxylic acids is 1. The zero-order valence-electron chi connectivity index (χ0n) is 9.35. The van der Waals surface area contributed by atoms with Gasteiger partial charge in [0.2, 0.25) is 0 Å². The largest absolute Gasteiger partial charge is 0.478 e. The lowest BCUT2D eigenvalue weighted by Crippen LogP contribution is -2.30. The van der Waals surface area contributed by atoms with Crippen molar-refractivity contribution < 1.29 is 24.9 Å². The molecule has 3 N–H and O–H groups in total. The minimum Gasteiger partial charge on any atom is -0.478 e. The molecule has 0 radical (unpaired) electrons. The second-order valence-corrected chi connectivity index (χ2v) is 4.08. The lowest BCUT2D eigenvalue weighted by molar-refractivity contribution is 0.0572. The maximum absolute atomic E-state index is 11.9. The van der Waals surface area contributed by atoms with Gasteiger partial charge in [-0.1, -0.05) is 0 Å². The topological polar surface area (TPSA) is 111 Å². The van der Waals surface area contributed by atoms with Gasteiger partial charge in [-0.15, -0.1) is 0 Å². The molecule has 0 aromatic carbocycles. The van der Waals surface area contributed by atoms with Crippen molar-refractivity contribution in [1.82, 2.24) is 9.88 Å². The van der Waals surface area contributed by atoms with Gasteiger partial charge in [0.25, 0.3) is 5.91 Å². The number of amides is 1. The third-order valence-corrected chi connectivity index (χ3v) is 2.78. The number of aromatic nitrogens is 1. The van der Waals surface area contributed by atoms with E-state index in [1.165, 1.54) is 17.0 Å². The molecule has 7 heteroatoms. The Morgan fingerprint density at radius 2 is 1.83 bits per heavy atom. The van der Waals surface area contributed by atoms with E-state index >= 15 is 0 Å². The first kappa shape index (κ1) is 12.5. The number of aromatic carboxylic acids is 1. The highest BCUT2D eigenvalue weighted by atomic mass is 16.4. The van der Waals surface area contributed by atoms with Gasteiger partial charge >= 0.3 is 5.97 Å². The van der Waals surface area contributed by atoms with E-state index in [0.717, 1.165) is 6.20 Å². The van der Waals surface area contributed by atoms with Crippen LogP contribution >= 0.6 is 0 Å². The van der Waals surface area contributed by atoms with Crippen LogP contribution in [0.1, 0.15) is 20.8 Å². The number of likely N-dealkylation sites (tertiary alicyclic amines) is 1. The van der Waals surface area contributed by atoms with Crippen molar-refractivity contribution in [3.63, 3.8) is 0 Å². The van der Waals surface area contributed by atoms with E-state index in [2.05, 4.69) is 4.98 Å². The third kappa shape index (κ3) is 2.31. The van der Waals surface area contributed by atoms with E-state index in [1.54, 1.807) is 0 Å². The first-order valence-electron chi connectivity index (χ1n) is 5.34. The van der Waals surface area contributed by atoms with Crippen molar-refractivity contribution in [2.24, 2.45) is 0 Å². The van der Waals surface area contributed by atoms with Crippen molar-refractivity contribution in [3.05, 3.63) is 29.6 Å². The number of carbonyl (C=O) groups is 2. The molecule has 96 valence electrons. The smallest absolute Gasteiger partial charge is 0.337 e. The fraction of sp³-hybridized carbons (Fsp3) is 0.364. The summed E-state index contributed by atoms with van der Waals surface area (Å²) >= 11 is 0. The van der Waals surface area contributed by atoms with Gasteiger partial charge in [0.15, 0.2) is 0 Å². The van der Waals surface area contributed by atoms with Crippen molar-refractivity contribution >= 4 is 11.9 Å². The summed E-state index contributed by atoms with van der Waals surface area (Å²) in [6.07, 6.45) is -0.808. The van der Waals surface area contributed by atoms with Crippen molar-refractivity contribution in [2.45, 2.75) is 12.2 Å². The summed E-state index contributed by atoms with van der Waals surface area (Å²) in [4.78, 5) is 27.6. The maximum Gasteiger partial charge on any atom is 0.337 e. The summed E-state index contributed by atoms with van der Waals surface area (Å²) in [5, 5.41) is 27.4. The molecule has 2 heterocycles. The van der Waals surface area contributed by atoms with Crippen LogP contribution in [0.5, 0.6) is 0 Å². The summed E-state index contributed by atoms with van der Waals surface area (Å²) in [5.41, 5.74) is 0.0781. The van der Waals surface area contributed by atoms with E-state index < -0.39 is 24.1 Å². The predicted molar refractivity (Wildman–Crippen MR) is 59.1 cm³/mol. The molecule has 2 unspecified atom stereocenters. The normalized spacial score (nSPS) is 23.1. The molecule has 0 aliphatic carbocycles. The molecule has 1 aliphatic heterocycles. The van der Waals surface area contributed by atoms with Crippen LogP contribution in [0, 0.1) is 0 Å². The number of hydrogen-bond donors (Lipinski definition) is 3. The second kappa shape index (κ2) is 4.71. The highest BCUT2D eigenvalue weighted by molar-refractivity contribution is 5.94. The Labute approximate surface area is 102 Å². The van der Waals surface area contributed by atoms with E-state index in [-0.39, 0.29) is 24.3 Å². The number of aliphatic hydroxyl groups excluding tert-OH is 2. The Bertz CT molecular complexity index is 463. The highest BCUT2D eigenvalue weighted by Gasteiger charge is 2.33. The monoisotopic (exact) mass is 252 g/mol. The van der Waals surface area contributed by atoms with Crippen LogP contribution < -0.4 is 0 Å². The molecule has 2 atom stereocenters. The Hall–Kier alpha value is -1.99. The van der Waals surface area contributed by atoms with Crippen LogP contribution in [-0.4, -0.2) is 62.4 Å². The third-order valence-electron chi connectivity index (χ3n) is 2.78. The molecule has 0 bridgehead atoms. The summed E-state index contributed by atoms with van der Waals surface area (Å²) < 4.78 is 0. The molecular formula is C11H12N2O5. The standard InChI is InChI=1S/C11H12N2O5/c14-8-4-13(5-9(8)15)10(16)7-2-1-6(3-12-7)11(17)18/h1-3,8-9,14-15H,4-5H2,(H,17,18). The molecule has 1 aromatic heterocycles. The number of nitrogens with zero attached hydrogens (tertiary/aromatic N) is 2. The zero-order chi connectivity index (χ0) is 13.3. The van der Waals surface area contributed by atoms with Crippen LogP contribution in [0.3, 0.4) is 0 Å². The van der Waals surface area contributed by atoms with Crippen LogP contribution in [0.2, 0.25) is 0 Å². The molecule has 1 saturated heterocycles. The van der Waals surface area contributed by atoms with Crippen molar-refractivity contribution in [3.8, 4) is 0 Å². The molecule has 7 nitrogen and oxygen atoms in total. The molecule has 1 amide bonds. The fourth-order valence-corrected chi connectivity index (χ4v) is 1.74. The van der Waals surface area contributed by atoms with Crippen LogP contribution in [0.4, 0.5) is 0 Å². The fourth-order valence-electron chi connectivity index (χ4n) is 1.74. The predicted octanol–water partition coefficient (Wildman–Crippen LogP) is -1.04. The van der Waals surface area contributed by atoms with E-state index in [0.29, 0.717) is 0 Å². The molecule has 1 aliphatic rings. The van der Waals surface area contributed by atoms with E-state index in [9.17, 15) is 19.8 Å². The number of rotatable bonds is 2. The van der Waals surface area contributed by atoms with Crippen LogP contribution in [0.15, 0.2) is 18.3 Å². The summed E-state index contributed by atoms with van der Waals surface area (Å²) in [6.45, 7) is 0.0880. The Morgan fingerprint density at radius 3 is 2.28 bits per heavy atom. The molecule has 18 heavy (non-hydrogen) atoms. The molecule has 2 rings (SSSR count). The first-order chi connectivity index (χ1) is 8.49. The minimum atomic E-state index is -1.12. The van der Waals surface area contributed by atoms with Crippen LogP contribution in [0.25, 0.3) is 0 Å². The molecule has 1 aromatic rings. The van der Waals surface area contributed by atoms with Gasteiger partial charge in [0, 0.05) is 19.3 Å².